The fourth-order valence-electron chi connectivity index (χ4n) is 4.99. The van der Waals surface area contributed by atoms with Crippen LogP contribution in [0.1, 0.15) is 41.3 Å². The molecule has 4 rings (SSSR count). The van der Waals surface area contributed by atoms with Gasteiger partial charge in [-0.1, -0.05) is 48.5 Å². The van der Waals surface area contributed by atoms with Crippen LogP contribution in [0.5, 0.6) is 5.75 Å². The fraction of sp³-hybridized carbons (Fsp3) is 0.258. The zero-order chi connectivity index (χ0) is 32.2. The molecule has 1 aromatic heterocycles. The van der Waals surface area contributed by atoms with Gasteiger partial charge in [0.05, 0.1) is 30.3 Å². The van der Waals surface area contributed by atoms with E-state index in [2.05, 4.69) is 5.32 Å². The molecule has 1 heterocycles. The van der Waals surface area contributed by atoms with Crippen LogP contribution < -0.4 is 16.6 Å². The molecule has 1 atom stereocenters. The molecule has 0 aliphatic carbocycles. The number of benzene rings is 3. The van der Waals surface area contributed by atoms with E-state index >= 15 is 4.39 Å². The molecular formula is C31H28F5N3O5. The number of alkyl halides is 3. The average Bonchev–Trinajstić information content (AvgIpc) is 2.97. The van der Waals surface area contributed by atoms with Crippen LogP contribution in [-0.2, 0) is 24.1 Å². The predicted octanol–water partition coefficient (Wildman–Crippen LogP) is 5.23. The third-order valence-electron chi connectivity index (χ3n) is 7.20. The highest BCUT2D eigenvalue weighted by atomic mass is 19.4. The van der Waals surface area contributed by atoms with E-state index in [1.807, 2.05) is 0 Å². The molecule has 4 aromatic rings. The molecule has 44 heavy (non-hydrogen) atoms. The minimum Gasteiger partial charge on any atom is -0.505 e. The lowest BCUT2D eigenvalue weighted by Gasteiger charge is -2.23. The van der Waals surface area contributed by atoms with Crippen LogP contribution in [0.15, 0.2) is 76.3 Å². The summed E-state index contributed by atoms with van der Waals surface area (Å²) < 4.78 is 73.1. The van der Waals surface area contributed by atoms with Gasteiger partial charge in [0, 0.05) is 23.2 Å². The molecule has 0 saturated carbocycles. The van der Waals surface area contributed by atoms with Crippen LogP contribution in [0.4, 0.5) is 22.0 Å². The van der Waals surface area contributed by atoms with Crippen molar-refractivity contribution in [2.24, 2.45) is 0 Å². The van der Waals surface area contributed by atoms with Crippen LogP contribution >= 0.6 is 0 Å². The van der Waals surface area contributed by atoms with Gasteiger partial charge in [0.1, 0.15) is 5.82 Å². The molecule has 3 N–H and O–H groups in total. The highest BCUT2D eigenvalue weighted by Crippen LogP contribution is 2.34. The summed E-state index contributed by atoms with van der Waals surface area (Å²) in [5.74, 6) is -4.26. The summed E-state index contributed by atoms with van der Waals surface area (Å²) in [6, 6.07) is 13.5. The van der Waals surface area contributed by atoms with Crippen molar-refractivity contribution >= 4 is 5.97 Å². The Bertz CT molecular complexity index is 1780. The van der Waals surface area contributed by atoms with E-state index in [0.29, 0.717) is 16.2 Å². The van der Waals surface area contributed by atoms with E-state index in [1.165, 1.54) is 19.1 Å². The second kappa shape index (κ2) is 13.2. The van der Waals surface area contributed by atoms with Gasteiger partial charge in [0.2, 0.25) is 0 Å². The average molecular weight is 618 g/mol. The van der Waals surface area contributed by atoms with Crippen LogP contribution in [-0.4, -0.2) is 31.9 Å². The van der Waals surface area contributed by atoms with Gasteiger partial charge in [0.25, 0.3) is 5.56 Å². The van der Waals surface area contributed by atoms with Crippen molar-refractivity contribution < 1.29 is 37.0 Å². The topological polar surface area (TPSA) is 114 Å². The molecule has 13 heteroatoms. The molecular weight excluding hydrogens is 589 g/mol. The number of aliphatic carboxylic acids is 1. The highest BCUT2D eigenvalue weighted by Gasteiger charge is 2.35. The summed E-state index contributed by atoms with van der Waals surface area (Å²) in [6.07, 6.45) is -4.92. The van der Waals surface area contributed by atoms with Crippen molar-refractivity contribution in [2.75, 3.05) is 6.54 Å². The van der Waals surface area contributed by atoms with Gasteiger partial charge in [-0.3, -0.25) is 18.7 Å². The van der Waals surface area contributed by atoms with E-state index in [0.717, 1.165) is 22.8 Å². The van der Waals surface area contributed by atoms with E-state index in [9.17, 15) is 37.1 Å². The molecule has 0 aliphatic heterocycles. The fourth-order valence-corrected chi connectivity index (χ4v) is 4.99. The minimum atomic E-state index is -4.97. The maximum Gasteiger partial charge on any atom is 0.416 e. The van der Waals surface area contributed by atoms with Gasteiger partial charge >= 0.3 is 17.8 Å². The first-order valence-corrected chi connectivity index (χ1v) is 13.5. The highest BCUT2D eigenvalue weighted by molar-refractivity contribution is 5.67. The van der Waals surface area contributed by atoms with E-state index in [1.54, 1.807) is 30.3 Å². The lowest BCUT2D eigenvalue weighted by atomic mass is 10.0. The van der Waals surface area contributed by atoms with E-state index in [4.69, 9.17) is 5.11 Å². The largest absolute Gasteiger partial charge is 0.505 e. The maximum absolute atomic E-state index is 15.2. The third kappa shape index (κ3) is 6.88. The van der Waals surface area contributed by atoms with Gasteiger partial charge in [0.15, 0.2) is 11.6 Å². The Morgan fingerprint density at radius 2 is 1.64 bits per heavy atom. The smallest absolute Gasteiger partial charge is 0.416 e. The summed E-state index contributed by atoms with van der Waals surface area (Å²) in [7, 11) is 0. The number of nitrogens with zero attached hydrogens (tertiary/aromatic N) is 2. The number of hydrogen-bond acceptors (Lipinski definition) is 5. The Balaban J connectivity index is 1.94. The molecule has 0 fully saturated rings. The standard InChI is InChI=1S/C31H28F5N3O5/c1-18-27(20-10-5-13-25(40)28(20)33)29(43)39(17-24(19-8-3-2-4-9-19)37-15-7-14-26(41)42)30(44)38(18)16-21-22(31(34,35)36)11-6-12-23(21)32/h2-6,8-13,24,37,40H,7,14-17H2,1H3,(H,41,42)/t24-/m0/s1. The summed E-state index contributed by atoms with van der Waals surface area (Å²) in [5.41, 5.74) is -4.74. The number of aromatic hydroxyl groups is 1. The monoisotopic (exact) mass is 617 g/mol. The number of hydrogen-bond donors (Lipinski definition) is 3. The first kappa shape index (κ1) is 32.1. The first-order chi connectivity index (χ1) is 20.8. The molecule has 3 aromatic carbocycles. The number of rotatable bonds is 11. The molecule has 0 saturated heterocycles. The van der Waals surface area contributed by atoms with Crippen molar-refractivity contribution in [3.63, 3.8) is 0 Å². The van der Waals surface area contributed by atoms with Crippen LogP contribution in [0.2, 0.25) is 0 Å². The molecule has 8 nitrogen and oxygen atoms in total. The molecule has 0 unspecified atom stereocenters. The SMILES string of the molecule is Cc1c(-c2cccc(O)c2F)c(=O)n(C[C@H](NCCCC(=O)O)c2ccccc2)c(=O)n1Cc1c(F)cccc1C(F)(F)F. The van der Waals surface area contributed by atoms with Gasteiger partial charge < -0.3 is 15.5 Å². The zero-order valence-electron chi connectivity index (χ0n) is 23.4. The second-order valence-electron chi connectivity index (χ2n) is 10.1. The van der Waals surface area contributed by atoms with Gasteiger partial charge in [-0.25, -0.2) is 13.6 Å². The first-order valence-electron chi connectivity index (χ1n) is 13.5. The molecule has 232 valence electrons. The lowest BCUT2D eigenvalue weighted by Crippen LogP contribution is -2.45. The number of carbonyl (C=O) groups is 1. The lowest BCUT2D eigenvalue weighted by molar-refractivity contribution is -0.138. The number of halogens is 5. The van der Waals surface area contributed by atoms with Gasteiger partial charge in [-0.15, -0.1) is 0 Å². The van der Waals surface area contributed by atoms with E-state index in [-0.39, 0.29) is 25.1 Å². The van der Waals surface area contributed by atoms with Crippen molar-refractivity contribution in [3.8, 4) is 16.9 Å². The second-order valence-corrected chi connectivity index (χ2v) is 10.1. The quantitative estimate of drug-likeness (QED) is 0.157. The Kier molecular flexibility index (Phi) is 9.68. The number of aromatic nitrogens is 2. The van der Waals surface area contributed by atoms with Crippen molar-refractivity contribution in [2.45, 2.75) is 45.1 Å². The molecule has 0 aliphatic rings. The zero-order valence-corrected chi connectivity index (χ0v) is 23.4. The molecule has 0 spiro atoms. The minimum absolute atomic E-state index is 0.156. The normalized spacial score (nSPS) is 12.3. The summed E-state index contributed by atoms with van der Waals surface area (Å²) >= 11 is 0. The molecule has 0 amide bonds. The Morgan fingerprint density at radius 3 is 2.30 bits per heavy atom. The Hall–Kier alpha value is -4.78. The number of phenols is 1. The summed E-state index contributed by atoms with van der Waals surface area (Å²) in [6.45, 7) is 0.0472. The van der Waals surface area contributed by atoms with Gasteiger partial charge in [-0.2, -0.15) is 13.2 Å². The predicted molar refractivity (Wildman–Crippen MR) is 151 cm³/mol. The number of carboxylic acid groups (broad SMARTS) is 1. The number of carboxylic acids is 1. The molecule has 0 bridgehead atoms. The maximum atomic E-state index is 15.2. The van der Waals surface area contributed by atoms with Gasteiger partial charge in [-0.05, 0) is 43.7 Å². The third-order valence-corrected chi connectivity index (χ3v) is 7.20. The Morgan fingerprint density at radius 1 is 0.955 bits per heavy atom. The van der Waals surface area contributed by atoms with Crippen molar-refractivity contribution in [3.05, 3.63) is 122 Å². The van der Waals surface area contributed by atoms with Crippen molar-refractivity contribution in [1.82, 2.24) is 14.5 Å². The Labute approximate surface area is 247 Å². The van der Waals surface area contributed by atoms with E-state index < -0.39 is 82.2 Å². The summed E-state index contributed by atoms with van der Waals surface area (Å²) in [5, 5.41) is 22.1. The molecule has 0 radical (unpaired) electrons. The van der Waals surface area contributed by atoms with Crippen molar-refractivity contribution in [1.29, 1.82) is 0 Å². The van der Waals surface area contributed by atoms with Crippen LogP contribution in [0.3, 0.4) is 0 Å². The van der Waals surface area contributed by atoms with Crippen LogP contribution in [0.25, 0.3) is 11.1 Å². The van der Waals surface area contributed by atoms with Crippen LogP contribution in [0, 0.1) is 18.6 Å². The number of phenolic OH excluding ortho intramolecular Hbond substituents is 1. The summed E-state index contributed by atoms with van der Waals surface area (Å²) in [4.78, 5) is 38.8. The number of nitrogens with one attached hydrogen (secondary N) is 1.